The normalized spacial score (nSPS) is 24.6. The van der Waals surface area contributed by atoms with Gasteiger partial charge in [0.15, 0.2) is 0 Å². The van der Waals surface area contributed by atoms with E-state index < -0.39 is 0 Å². The van der Waals surface area contributed by atoms with E-state index >= 15 is 0 Å². The Morgan fingerprint density at radius 3 is 2.67 bits per heavy atom. The number of aromatic nitrogens is 2. The summed E-state index contributed by atoms with van der Waals surface area (Å²) in [6, 6.07) is 1.00. The molecule has 0 aliphatic carbocycles. The lowest BCUT2D eigenvalue weighted by atomic mass is 10.1. The predicted octanol–water partition coefficient (Wildman–Crippen LogP) is 1.02. The molecule has 1 saturated heterocycles. The van der Waals surface area contributed by atoms with Crippen molar-refractivity contribution in [3.8, 4) is 0 Å². The smallest absolute Gasteiger partial charge is 0.205 e. The van der Waals surface area contributed by atoms with E-state index in [0.29, 0.717) is 12.1 Å². The number of rotatable bonds is 4. The molecule has 18 heavy (non-hydrogen) atoms. The molecular weight excluding hydrogens is 228 g/mol. The van der Waals surface area contributed by atoms with E-state index in [0.717, 1.165) is 37.9 Å². The Kier molecular flexibility index (Phi) is 4.24. The summed E-state index contributed by atoms with van der Waals surface area (Å²) >= 11 is 0. The van der Waals surface area contributed by atoms with Crippen LogP contribution in [0.3, 0.4) is 0 Å². The van der Waals surface area contributed by atoms with Crippen molar-refractivity contribution in [3.05, 3.63) is 11.9 Å². The molecule has 5 heteroatoms. The second kappa shape index (κ2) is 5.71. The van der Waals surface area contributed by atoms with Crippen LogP contribution in [-0.2, 0) is 11.3 Å². The van der Waals surface area contributed by atoms with E-state index in [2.05, 4.69) is 39.8 Å². The zero-order valence-corrected chi connectivity index (χ0v) is 11.8. The lowest BCUT2D eigenvalue weighted by molar-refractivity contribution is 0.187. The summed E-state index contributed by atoms with van der Waals surface area (Å²) in [6.07, 6.45) is 2.10. The maximum atomic E-state index is 5.16. The Morgan fingerprint density at radius 2 is 2.06 bits per heavy atom. The van der Waals surface area contributed by atoms with Crippen LogP contribution in [0.4, 0.5) is 5.95 Å². The largest absolute Gasteiger partial charge is 0.383 e. The number of anilines is 1. The molecule has 0 amide bonds. The summed E-state index contributed by atoms with van der Waals surface area (Å²) in [7, 11) is 1.73. The van der Waals surface area contributed by atoms with Gasteiger partial charge in [0.2, 0.25) is 5.95 Å². The highest BCUT2D eigenvalue weighted by molar-refractivity contribution is 5.35. The van der Waals surface area contributed by atoms with Gasteiger partial charge in [-0.2, -0.15) is 0 Å². The number of nitrogens with zero attached hydrogens (tertiary/aromatic N) is 3. The fourth-order valence-corrected chi connectivity index (χ4v) is 2.63. The van der Waals surface area contributed by atoms with Gasteiger partial charge >= 0.3 is 0 Å². The highest BCUT2D eigenvalue weighted by atomic mass is 16.5. The summed E-state index contributed by atoms with van der Waals surface area (Å²) in [6.45, 7) is 10.1. The molecule has 2 unspecified atom stereocenters. The van der Waals surface area contributed by atoms with E-state index in [1.165, 1.54) is 0 Å². The maximum absolute atomic E-state index is 5.16. The van der Waals surface area contributed by atoms with Gasteiger partial charge < -0.3 is 19.5 Å². The molecule has 0 aromatic carbocycles. The topological polar surface area (TPSA) is 42.3 Å². The predicted molar refractivity (Wildman–Crippen MR) is 73.1 cm³/mol. The van der Waals surface area contributed by atoms with Gasteiger partial charge in [0.05, 0.1) is 12.3 Å². The molecule has 1 aliphatic rings. The molecule has 2 rings (SSSR count). The molecule has 0 saturated carbocycles. The van der Waals surface area contributed by atoms with Crippen LogP contribution in [0.1, 0.15) is 19.5 Å². The van der Waals surface area contributed by atoms with Gasteiger partial charge in [0.25, 0.3) is 0 Å². The van der Waals surface area contributed by atoms with Crippen molar-refractivity contribution >= 4 is 5.95 Å². The van der Waals surface area contributed by atoms with Gasteiger partial charge in [-0.25, -0.2) is 4.98 Å². The first kappa shape index (κ1) is 13.4. The van der Waals surface area contributed by atoms with E-state index in [-0.39, 0.29) is 0 Å². The van der Waals surface area contributed by atoms with Crippen LogP contribution in [0, 0.1) is 6.92 Å². The van der Waals surface area contributed by atoms with Crippen molar-refractivity contribution in [1.29, 1.82) is 0 Å². The first-order valence-corrected chi connectivity index (χ1v) is 6.64. The molecule has 102 valence electrons. The van der Waals surface area contributed by atoms with Crippen molar-refractivity contribution in [1.82, 2.24) is 14.9 Å². The van der Waals surface area contributed by atoms with E-state index in [4.69, 9.17) is 4.74 Å². The summed E-state index contributed by atoms with van der Waals surface area (Å²) in [5.74, 6) is 1.07. The second-order valence-electron chi connectivity index (χ2n) is 5.24. The Labute approximate surface area is 109 Å². The van der Waals surface area contributed by atoms with Crippen LogP contribution >= 0.6 is 0 Å². The van der Waals surface area contributed by atoms with Crippen molar-refractivity contribution < 1.29 is 4.74 Å². The molecule has 2 atom stereocenters. The number of ether oxygens (including phenoxy) is 1. The zero-order valence-electron chi connectivity index (χ0n) is 11.8. The number of nitrogens with one attached hydrogen (secondary N) is 1. The number of imidazole rings is 1. The standard InChI is InChI=1S/C13H24N4O/c1-10-8-17(9-11(2)14-10)13-15-12(3)7-16(13)5-6-18-4/h7,10-11,14H,5-6,8-9H2,1-4H3. The fourth-order valence-electron chi connectivity index (χ4n) is 2.63. The molecule has 5 nitrogen and oxygen atoms in total. The molecule has 0 radical (unpaired) electrons. The third kappa shape index (κ3) is 3.03. The quantitative estimate of drug-likeness (QED) is 0.869. The van der Waals surface area contributed by atoms with Crippen LogP contribution in [0.15, 0.2) is 6.20 Å². The van der Waals surface area contributed by atoms with Crippen molar-refractivity contribution in [2.45, 2.75) is 39.4 Å². The first-order chi connectivity index (χ1) is 8.60. The highest BCUT2D eigenvalue weighted by Crippen LogP contribution is 2.17. The summed E-state index contributed by atoms with van der Waals surface area (Å²) in [5.41, 5.74) is 1.07. The van der Waals surface area contributed by atoms with Gasteiger partial charge in [-0.15, -0.1) is 0 Å². The fraction of sp³-hybridized carbons (Fsp3) is 0.769. The average Bonchev–Trinajstić information content (AvgIpc) is 2.66. The molecule has 1 fully saturated rings. The molecule has 1 aliphatic heterocycles. The lowest BCUT2D eigenvalue weighted by Gasteiger charge is -2.36. The van der Waals surface area contributed by atoms with Gasteiger partial charge in [0.1, 0.15) is 0 Å². The van der Waals surface area contributed by atoms with E-state index in [9.17, 15) is 0 Å². The summed E-state index contributed by atoms with van der Waals surface area (Å²) in [4.78, 5) is 7.03. The van der Waals surface area contributed by atoms with Crippen LogP contribution in [-0.4, -0.2) is 48.4 Å². The van der Waals surface area contributed by atoms with Crippen LogP contribution < -0.4 is 10.2 Å². The minimum absolute atomic E-state index is 0.502. The molecule has 1 aromatic heterocycles. The number of methoxy groups -OCH3 is 1. The van der Waals surface area contributed by atoms with Gasteiger partial charge in [-0.1, -0.05) is 0 Å². The Balaban J connectivity index is 2.15. The van der Waals surface area contributed by atoms with Crippen molar-refractivity contribution in [3.63, 3.8) is 0 Å². The van der Waals surface area contributed by atoms with Gasteiger partial charge in [-0.05, 0) is 20.8 Å². The Morgan fingerprint density at radius 1 is 1.39 bits per heavy atom. The Bertz CT molecular complexity index is 380. The first-order valence-electron chi connectivity index (χ1n) is 6.64. The number of hydrogen-bond acceptors (Lipinski definition) is 4. The molecule has 0 spiro atoms. The third-order valence-electron chi connectivity index (χ3n) is 3.25. The van der Waals surface area contributed by atoms with E-state index in [1.807, 2.05) is 6.92 Å². The van der Waals surface area contributed by atoms with Crippen LogP contribution in [0.2, 0.25) is 0 Å². The Hall–Kier alpha value is -1.07. The molecule has 1 aromatic rings. The number of piperazine rings is 1. The van der Waals surface area contributed by atoms with Crippen LogP contribution in [0.5, 0.6) is 0 Å². The number of aryl methyl sites for hydroxylation is 1. The second-order valence-corrected chi connectivity index (χ2v) is 5.24. The highest BCUT2D eigenvalue weighted by Gasteiger charge is 2.24. The lowest BCUT2D eigenvalue weighted by Crippen LogP contribution is -2.55. The number of hydrogen-bond donors (Lipinski definition) is 1. The summed E-state index contributed by atoms with van der Waals surface area (Å²) in [5, 5.41) is 3.54. The van der Waals surface area contributed by atoms with E-state index in [1.54, 1.807) is 7.11 Å². The van der Waals surface area contributed by atoms with Crippen molar-refractivity contribution in [2.24, 2.45) is 0 Å². The third-order valence-corrected chi connectivity index (χ3v) is 3.25. The molecule has 0 bridgehead atoms. The SMILES string of the molecule is COCCn1cc(C)nc1N1CC(C)NC(C)C1. The molecule has 1 N–H and O–H groups in total. The van der Waals surface area contributed by atoms with Gasteiger partial charge in [0, 0.05) is 45.0 Å². The monoisotopic (exact) mass is 252 g/mol. The minimum Gasteiger partial charge on any atom is -0.383 e. The minimum atomic E-state index is 0.502. The zero-order chi connectivity index (χ0) is 13.1. The average molecular weight is 252 g/mol. The molecule has 2 heterocycles. The van der Waals surface area contributed by atoms with Crippen molar-refractivity contribution in [2.75, 3.05) is 31.7 Å². The molecular formula is C13H24N4O. The van der Waals surface area contributed by atoms with Crippen LogP contribution in [0.25, 0.3) is 0 Å². The maximum Gasteiger partial charge on any atom is 0.205 e. The summed E-state index contributed by atoms with van der Waals surface area (Å²) < 4.78 is 7.36. The van der Waals surface area contributed by atoms with Gasteiger partial charge in [-0.3, -0.25) is 0 Å².